The Kier molecular flexibility index (Phi) is 30.7. The van der Waals surface area contributed by atoms with Gasteiger partial charge < -0.3 is 20.9 Å². The fourth-order valence-electron chi connectivity index (χ4n) is 5.18. The molecule has 0 aliphatic carbocycles. The number of amides is 1. The van der Waals surface area contributed by atoms with Gasteiger partial charge in [0.2, 0.25) is 5.91 Å². The third-order valence-corrected chi connectivity index (χ3v) is 7.97. The van der Waals surface area contributed by atoms with Crippen molar-refractivity contribution < 1.29 is 24.2 Å². The standard InChI is InChI=1S/C37H68N2O5/c1-3-5-7-9-11-12-13-14-15-17-19-25-31-36(41)44-33(27-22-18-16-10-8-6-4-2)28-23-20-21-24-30-35(40)39-34(37(42)43)29-26-32-38/h11-12,22,27,33-34H,3-10,13-21,23-26,28-32,38H2,1-2H3,(H,39,40)(H,42,43)/b12-11-,27-22-. The Labute approximate surface area is 270 Å². The number of ether oxygens (including phenoxy) is 1. The first-order valence-corrected chi connectivity index (χ1v) is 18.2. The maximum absolute atomic E-state index is 12.6. The van der Waals surface area contributed by atoms with E-state index in [0.29, 0.717) is 38.6 Å². The normalized spacial score (nSPS) is 13.0. The molecule has 44 heavy (non-hydrogen) atoms. The molecule has 2 unspecified atom stereocenters. The molecule has 0 saturated carbocycles. The smallest absolute Gasteiger partial charge is 0.326 e. The van der Waals surface area contributed by atoms with Gasteiger partial charge in [-0.25, -0.2) is 4.79 Å². The van der Waals surface area contributed by atoms with E-state index in [1.54, 1.807) is 0 Å². The third-order valence-electron chi connectivity index (χ3n) is 7.97. The molecule has 0 aromatic carbocycles. The van der Waals surface area contributed by atoms with Crippen molar-refractivity contribution in [3.8, 4) is 0 Å². The number of allylic oxidation sites excluding steroid dienone is 3. The number of carbonyl (C=O) groups is 3. The molecule has 0 aromatic heterocycles. The molecule has 0 heterocycles. The lowest BCUT2D eigenvalue weighted by atomic mass is 10.1. The van der Waals surface area contributed by atoms with Crippen molar-refractivity contribution >= 4 is 17.8 Å². The minimum Gasteiger partial charge on any atom is -0.480 e. The Hall–Kier alpha value is -2.15. The molecule has 0 aliphatic heterocycles. The zero-order valence-corrected chi connectivity index (χ0v) is 28.5. The van der Waals surface area contributed by atoms with Gasteiger partial charge in [0.1, 0.15) is 12.1 Å². The fraction of sp³-hybridized carbons (Fsp3) is 0.811. The second-order valence-corrected chi connectivity index (χ2v) is 12.3. The van der Waals surface area contributed by atoms with Gasteiger partial charge in [-0.05, 0) is 89.7 Å². The molecular formula is C37H68N2O5. The van der Waals surface area contributed by atoms with Crippen LogP contribution in [0, 0.1) is 0 Å². The van der Waals surface area contributed by atoms with Crippen LogP contribution in [0.4, 0.5) is 0 Å². The highest BCUT2D eigenvalue weighted by Gasteiger charge is 2.19. The first-order valence-electron chi connectivity index (χ1n) is 18.2. The van der Waals surface area contributed by atoms with Crippen molar-refractivity contribution in [2.75, 3.05) is 6.54 Å². The summed E-state index contributed by atoms with van der Waals surface area (Å²) in [5.41, 5.74) is 5.46. The molecule has 7 heteroatoms. The van der Waals surface area contributed by atoms with Gasteiger partial charge in [0.15, 0.2) is 0 Å². The average Bonchev–Trinajstić information content (AvgIpc) is 3.00. The largest absolute Gasteiger partial charge is 0.480 e. The zero-order chi connectivity index (χ0) is 32.5. The molecule has 0 aromatic rings. The first-order chi connectivity index (χ1) is 21.4. The van der Waals surface area contributed by atoms with Crippen molar-refractivity contribution in [2.24, 2.45) is 5.73 Å². The molecule has 0 rings (SSSR count). The van der Waals surface area contributed by atoms with Crippen molar-refractivity contribution in [3.63, 3.8) is 0 Å². The van der Waals surface area contributed by atoms with E-state index in [1.165, 1.54) is 77.0 Å². The van der Waals surface area contributed by atoms with Gasteiger partial charge >= 0.3 is 11.9 Å². The number of nitrogens with two attached hydrogens (primary N) is 1. The van der Waals surface area contributed by atoms with E-state index < -0.39 is 12.0 Å². The van der Waals surface area contributed by atoms with Gasteiger partial charge in [0, 0.05) is 12.8 Å². The molecule has 1 amide bonds. The van der Waals surface area contributed by atoms with E-state index in [-0.39, 0.29) is 18.0 Å². The van der Waals surface area contributed by atoms with Crippen LogP contribution in [0.1, 0.15) is 174 Å². The number of hydrogen-bond acceptors (Lipinski definition) is 5. The summed E-state index contributed by atoms with van der Waals surface area (Å²) in [7, 11) is 0. The molecule has 4 N–H and O–H groups in total. The van der Waals surface area contributed by atoms with Gasteiger partial charge in [-0.3, -0.25) is 9.59 Å². The summed E-state index contributed by atoms with van der Waals surface area (Å²) in [6, 6.07) is -0.868. The van der Waals surface area contributed by atoms with E-state index in [4.69, 9.17) is 10.5 Å². The van der Waals surface area contributed by atoms with Crippen LogP contribution >= 0.6 is 0 Å². The van der Waals surface area contributed by atoms with E-state index in [0.717, 1.165) is 51.4 Å². The lowest BCUT2D eigenvalue weighted by Gasteiger charge is -2.15. The van der Waals surface area contributed by atoms with Gasteiger partial charge in [0.05, 0.1) is 0 Å². The number of unbranched alkanes of at least 4 members (excludes halogenated alkanes) is 16. The van der Waals surface area contributed by atoms with Gasteiger partial charge in [-0.2, -0.15) is 0 Å². The quantitative estimate of drug-likeness (QED) is 0.0392. The van der Waals surface area contributed by atoms with Gasteiger partial charge in [-0.1, -0.05) is 103 Å². The summed E-state index contributed by atoms with van der Waals surface area (Å²) in [4.78, 5) is 36.1. The zero-order valence-electron chi connectivity index (χ0n) is 28.5. The molecule has 0 spiro atoms. The monoisotopic (exact) mass is 621 g/mol. The highest BCUT2D eigenvalue weighted by Crippen LogP contribution is 2.15. The molecule has 0 bridgehead atoms. The Morgan fingerprint density at radius 1 is 0.659 bits per heavy atom. The molecule has 2 atom stereocenters. The Morgan fingerprint density at radius 3 is 1.82 bits per heavy atom. The van der Waals surface area contributed by atoms with Gasteiger partial charge in [-0.15, -0.1) is 0 Å². The number of carbonyl (C=O) groups excluding carboxylic acids is 2. The molecular weight excluding hydrogens is 552 g/mol. The molecule has 0 fully saturated rings. The second kappa shape index (κ2) is 32.2. The Morgan fingerprint density at radius 2 is 1.18 bits per heavy atom. The lowest BCUT2D eigenvalue weighted by molar-refractivity contribution is -0.147. The number of aliphatic carboxylic acids is 1. The SMILES string of the molecule is CCCCC/C=C\CCCCCCCC(=O)OC(/C=C\CCCCCCC)CCCCCCC(=O)NC(CCCN)C(=O)O. The van der Waals surface area contributed by atoms with E-state index in [1.807, 2.05) is 0 Å². The number of carboxylic acid groups (broad SMARTS) is 1. The number of carboxylic acids is 1. The molecule has 7 nitrogen and oxygen atoms in total. The first kappa shape index (κ1) is 41.9. The van der Waals surface area contributed by atoms with Crippen LogP contribution in [0.25, 0.3) is 0 Å². The van der Waals surface area contributed by atoms with Crippen molar-refractivity contribution in [2.45, 2.75) is 187 Å². The highest BCUT2D eigenvalue weighted by atomic mass is 16.5. The minimum atomic E-state index is -1.02. The number of hydrogen-bond donors (Lipinski definition) is 3. The van der Waals surface area contributed by atoms with Gasteiger partial charge in [0.25, 0.3) is 0 Å². The maximum atomic E-state index is 12.6. The van der Waals surface area contributed by atoms with E-state index >= 15 is 0 Å². The highest BCUT2D eigenvalue weighted by molar-refractivity contribution is 5.83. The van der Waals surface area contributed by atoms with Crippen molar-refractivity contribution in [1.29, 1.82) is 0 Å². The topological polar surface area (TPSA) is 119 Å². The van der Waals surface area contributed by atoms with Crippen molar-refractivity contribution in [3.05, 3.63) is 24.3 Å². The second-order valence-electron chi connectivity index (χ2n) is 12.3. The predicted octanol–water partition coefficient (Wildman–Crippen LogP) is 9.33. The summed E-state index contributed by atoms with van der Waals surface area (Å²) in [5.74, 6) is -1.34. The average molecular weight is 621 g/mol. The summed E-state index contributed by atoms with van der Waals surface area (Å²) in [5, 5.41) is 11.9. The summed E-state index contributed by atoms with van der Waals surface area (Å²) < 4.78 is 5.88. The van der Waals surface area contributed by atoms with Crippen LogP contribution in [0.5, 0.6) is 0 Å². The summed E-state index contributed by atoms with van der Waals surface area (Å²) in [6.07, 6.45) is 33.7. The molecule has 256 valence electrons. The minimum absolute atomic E-state index is 0.100. The van der Waals surface area contributed by atoms with Crippen LogP contribution < -0.4 is 11.1 Å². The van der Waals surface area contributed by atoms with Crippen LogP contribution in [0.15, 0.2) is 24.3 Å². The molecule has 0 saturated heterocycles. The summed E-state index contributed by atoms with van der Waals surface area (Å²) >= 11 is 0. The predicted molar refractivity (Wildman–Crippen MR) is 184 cm³/mol. The summed E-state index contributed by atoms with van der Waals surface area (Å²) in [6.45, 7) is 4.87. The molecule has 0 aliphatic rings. The number of rotatable bonds is 32. The molecule has 0 radical (unpaired) electrons. The fourth-order valence-corrected chi connectivity index (χ4v) is 5.18. The third kappa shape index (κ3) is 28.6. The Balaban J connectivity index is 4.33. The maximum Gasteiger partial charge on any atom is 0.326 e. The number of nitrogens with one attached hydrogen (secondary N) is 1. The van der Waals surface area contributed by atoms with E-state index in [9.17, 15) is 19.5 Å². The lowest BCUT2D eigenvalue weighted by Crippen LogP contribution is -2.40. The Bertz CT molecular complexity index is 752. The number of esters is 1. The van der Waals surface area contributed by atoms with Crippen molar-refractivity contribution in [1.82, 2.24) is 5.32 Å². The van der Waals surface area contributed by atoms with Crippen LogP contribution in [0.3, 0.4) is 0 Å². The van der Waals surface area contributed by atoms with Crippen LogP contribution in [0.2, 0.25) is 0 Å². The van der Waals surface area contributed by atoms with E-state index in [2.05, 4.69) is 43.5 Å². The van der Waals surface area contributed by atoms with Crippen LogP contribution in [-0.4, -0.2) is 41.6 Å². The van der Waals surface area contributed by atoms with Crippen LogP contribution in [-0.2, 0) is 19.1 Å².